The number of rotatable bonds is 2. The van der Waals surface area contributed by atoms with Gasteiger partial charge in [-0.25, -0.2) is 0 Å². The van der Waals surface area contributed by atoms with Crippen molar-refractivity contribution in [2.75, 3.05) is 5.32 Å². The quantitative estimate of drug-likeness (QED) is 0.781. The van der Waals surface area contributed by atoms with Crippen molar-refractivity contribution in [1.82, 2.24) is 4.98 Å². The molecule has 82 valence electrons. The molecule has 0 aliphatic carbocycles. The number of amides is 1. The number of carbonyl (C=O) groups excluding carboxylic acids is 1. The molecule has 16 heavy (non-hydrogen) atoms. The van der Waals surface area contributed by atoms with Crippen molar-refractivity contribution in [3.8, 4) is 0 Å². The molecule has 3 nitrogen and oxygen atoms in total. The summed E-state index contributed by atoms with van der Waals surface area (Å²) in [4.78, 5) is 15.8. The smallest absolute Gasteiger partial charge is 0.236 e. The second-order valence-electron chi connectivity index (χ2n) is 3.54. The molecule has 1 heterocycles. The number of nitrogens with one attached hydrogen (secondary N) is 1. The molecule has 1 unspecified atom stereocenters. The fourth-order valence-electron chi connectivity index (χ4n) is 1.45. The maximum atomic E-state index is 11.5. The van der Waals surface area contributed by atoms with Crippen LogP contribution in [0.2, 0.25) is 0 Å². The Bertz CT molecular complexity index is 520. The van der Waals surface area contributed by atoms with Crippen LogP contribution in [0.5, 0.6) is 0 Å². The van der Waals surface area contributed by atoms with E-state index in [1.165, 1.54) is 0 Å². The lowest BCUT2D eigenvalue weighted by atomic mass is 10.2. The zero-order valence-corrected chi connectivity index (χ0v) is 9.74. The van der Waals surface area contributed by atoms with Crippen LogP contribution >= 0.6 is 12.6 Å². The van der Waals surface area contributed by atoms with Crippen LogP contribution in [0.4, 0.5) is 5.69 Å². The fourth-order valence-corrected chi connectivity index (χ4v) is 1.51. The number of hydrogen-bond acceptors (Lipinski definition) is 3. The lowest BCUT2D eigenvalue weighted by Gasteiger charge is -2.09. The summed E-state index contributed by atoms with van der Waals surface area (Å²) in [5, 5.41) is 3.44. The molecule has 1 aromatic carbocycles. The first-order chi connectivity index (χ1) is 7.68. The van der Waals surface area contributed by atoms with Crippen molar-refractivity contribution >= 4 is 35.1 Å². The van der Waals surface area contributed by atoms with E-state index in [9.17, 15) is 4.79 Å². The minimum atomic E-state index is -0.327. The van der Waals surface area contributed by atoms with Crippen molar-refractivity contribution < 1.29 is 4.79 Å². The molecule has 0 radical (unpaired) electrons. The Labute approximate surface area is 99.3 Å². The number of aromatic nitrogens is 1. The minimum Gasteiger partial charge on any atom is -0.325 e. The maximum absolute atomic E-state index is 11.5. The van der Waals surface area contributed by atoms with Gasteiger partial charge in [-0.3, -0.25) is 9.78 Å². The zero-order chi connectivity index (χ0) is 11.5. The van der Waals surface area contributed by atoms with Crippen LogP contribution in [0, 0.1) is 0 Å². The molecule has 1 N–H and O–H groups in total. The summed E-state index contributed by atoms with van der Waals surface area (Å²) in [6.45, 7) is 1.74. The number of benzene rings is 1. The molecule has 0 spiro atoms. The van der Waals surface area contributed by atoms with Crippen molar-refractivity contribution in [2.24, 2.45) is 0 Å². The first kappa shape index (κ1) is 11.0. The van der Waals surface area contributed by atoms with Gasteiger partial charge < -0.3 is 5.32 Å². The average Bonchev–Trinajstić information content (AvgIpc) is 2.29. The number of nitrogens with zero attached hydrogens (tertiary/aromatic N) is 1. The van der Waals surface area contributed by atoms with E-state index < -0.39 is 0 Å². The van der Waals surface area contributed by atoms with Gasteiger partial charge in [0.1, 0.15) is 0 Å². The van der Waals surface area contributed by atoms with Crippen LogP contribution in [-0.2, 0) is 4.79 Å². The molecule has 0 saturated heterocycles. The van der Waals surface area contributed by atoms with Crippen LogP contribution in [0.3, 0.4) is 0 Å². The Morgan fingerprint density at radius 1 is 1.38 bits per heavy atom. The van der Waals surface area contributed by atoms with Gasteiger partial charge in [0, 0.05) is 11.6 Å². The zero-order valence-electron chi connectivity index (χ0n) is 8.84. The molecular formula is C12H12N2OS. The third kappa shape index (κ3) is 2.17. The van der Waals surface area contributed by atoms with Gasteiger partial charge in [-0.15, -0.1) is 0 Å². The number of pyridine rings is 1. The Morgan fingerprint density at radius 3 is 2.94 bits per heavy atom. The van der Waals surface area contributed by atoms with Gasteiger partial charge in [0.05, 0.1) is 16.5 Å². The lowest BCUT2D eigenvalue weighted by molar-refractivity contribution is -0.115. The van der Waals surface area contributed by atoms with Gasteiger partial charge in [-0.05, 0) is 31.2 Å². The molecule has 2 rings (SSSR count). The maximum Gasteiger partial charge on any atom is 0.236 e. The Morgan fingerprint density at radius 2 is 2.19 bits per heavy atom. The monoisotopic (exact) mass is 232 g/mol. The van der Waals surface area contributed by atoms with E-state index in [4.69, 9.17) is 0 Å². The van der Waals surface area contributed by atoms with E-state index in [-0.39, 0.29) is 11.2 Å². The number of hydrogen-bond donors (Lipinski definition) is 2. The highest BCUT2D eigenvalue weighted by Gasteiger charge is 2.09. The summed E-state index contributed by atoms with van der Waals surface area (Å²) in [6.07, 6.45) is 1.73. The number of anilines is 1. The van der Waals surface area contributed by atoms with E-state index in [2.05, 4.69) is 22.9 Å². The van der Waals surface area contributed by atoms with Gasteiger partial charge >= 0.3 is 0 Å². The van der Waals surface area contributed by atoms with E-state index in [0.29, 0.717) is 0 Å². The Kier molecular flexibility index (Phi) is 3.10. The van der Waals surface area contributed by atoms with Gasteiger partial charge in [-0.1, -0.05) is 6.07 Å². The predicted octanol–water partition coefficient (Wildman–Crippen LogP) is 2.49. The SMILES string of the molecule is CC(S)C(=O)Nc1cccc2ncccc12. The van der Waals surface area contributed by atoms with Crippen LogP contribution in [-0.4, -0.2) is 16.1 Å². The lowest BCUT2D eigenvalue weighted by Crippen LogP contribution is -2.20. The number of carbonyl (C=O) groups is 1. The van der Waals surface area contributed by atoms with Crippen LogP contribution < -0.4 is 5.32 Å². The Balaban J connectivity index is 2.41. The summed E-state index contributed by atoms with van der Waals surface area (Å²) >= 11 is 4.09. The average molecular weight is 232 g/mol. The molecule has 2 aromatic rings. The normalized spacial score (nSPS) is 12.4. The second-order valence-corrected chi connectivity index (χ2v) is 4.32. The number of thiol groups is 1. The van der Waals surface area contributed by atoms with Gasteiger partial charge in [-0.2, -0.15) is 12.6 Å². The molecule has 0 aliphatic rings. The largest absolute Gasteiger partial charge is 0.325 e. The molecule has 4 heteroatoms. The standard InChI is InChI=1S/C12H12N2OS/c1-8(16)12(15)14-11-6-2-5-10-9(11)4-3-7-13-10/h2-8,16H,1H3,(H,14,15). The highest BCUT2D eigenvalue weighted by Crippen LogP contribution is 2.21. The summed E-state index contributed by atoms with van der Waals surface area (Å²) in [7, 11) is 0. The summed E-state index contributed by atoms with van der Waals surface area (Å²) in [5.74, 6) is -0.111. The first-order valence-corrected chi connectivity index (χ1v) is 5.53. The fraction of sp³-hybridized carbons (Fsp3) is 0.167. The highest BCUT2D eigenvalue weighted by atomic mass is 32.1. The molecule has 1 aromatic heterocycles. The predicted molar refractivity (Wildman–Crippen MR) is 68.8 cm³/mol. The Hall–Kier alpha value is -1.55. The molecule has 1 amide bonds. The third-order valence-electron chi connectivity index (χ3n) is 2.28. The molecule has 1 atom stereocenters. The van der Waals surface area contributed by atoms with E-state index in [1.807, 2.05) is 30.3 Å². The van der Waals surface area contributed by atoms with Crippen LogP contribution in [0.15, 0.2) is 36.5 Å². The molecular weight excluding hydrogens is 220 g/mol. The first-order valence-electron chi connectivity index (χ1n) is 5.01. The van der Waals surface area contributed by atoms with Crippen molar-refractivity contribution in [1.29, 1.82) is 0 Å². The van der Waals surface area contributed by atoms with Crippen molar-refractivity contribution in [2.45, 2.75) is 12.2 Å². The minimum absolute atomic E-state index is 0.111. The van der Waals surface area contributed by atoms with Crippen LogP contribution in [0.25, 0.3) is 10.9 Å². The van der Waals surface area contributed by atoms with Crippen LogP contribution in [0.1, 0.15) is 6.92 Å². The topological polar surface area (TPSA) is 42.0 Å². The van der Waals surface area contributed by atoms with E-state index in [0.717, 1.165) is 16.6 Å². The third-order valence-corrected chi connectivity index (χ3v) is 2.52. The summed E-state index contributed by atoms with van der Waals surface area (Å²) < 4.78 is 0. The van der Waals surface area contributed by atoms with Gasteiger partial charge in [0.2, 0.25) is 5.91 Å². The molecule has 0 fully saturated rings. The number of fused-ring (bicyclic) bond motifs is 1. The van der Waals surface area contributed by atoms with Gasteiger partial charge in [0.15, 0.2) is 0 Å². The van der Waals surface area contributed by atoms with Crippen molar-refractivity contribution in [3.63, 3.8) is 0 Å². The molecule has 0 aliphatic heterocycles. The second kappa shape index (κ2) is 4.53. The van der Waals surface area contributed by atoms with E-state index in [1.54, 1.807) is 13.1 Å². The molecule has 0 bridgehead atoms. The van der Waals surface area contributed by atoms with E-state index >= 15 is 0 Å². The molecule has 0 saturated carbocycles. The van der Waals surface area contributed by atoms with Crippen molar-refractivity contribution in [3.05, 3.63) is 36.5 Å². The van der Waals surface area contributed by atoms with Gasteiger partial charge in [0.25, 0.3) is 0 Å². The summed E-state index contributed by atoms with van der Waals surface area (Å²) in [6, 6.07) is 9.42. The highest BCUT2D eigenvalue weighted by molar-refractivity contribution is 7.81. The summed E-state index contributed by atoms with van der Waals surface area (Å²) in [5.41, 5.74) is 1.64.